The Labute approximate surface area is 164 Å². The van der Waals surface area contributed by atoms with Crippen molar-refractivity contribution in [1.82, 2.24) is 3.96 Å². The smallest absolute Gasteiger partial charge is 0.223 e. The van der Waals surface area contributed by atoms with Crippen LogP contribution in [0.3, 0.4) is 0 Å². The summed E-state index contributed by atoms with van der Waals surface area (Å²) >= 11 is 7.19. The number of nitrogens with one attached hydrogen (secondary N) is 2. The Hall–Kier alpha value is -2.77. The van der Waals surface area contributed by atoms with Crippen LogP contribution in [0.1, 0.15) is 22.2 Å². The molecule has 0 atom stereocenters. The summed E-state index contributed by atoms with van der Waals surface area (Å²) in [7, 11) is 0. The lowest BCUT2D eigenvalue weighted by Crippen LogP contribution is -2.28. The van der Waals surface area contributed by atoms with Gasteiger partial charge in [-0.15, -0.1) is 0 Å². The van der Waals surface area contributed by atoms with Gasteiger partial charge in [-0.05, 0) is 50.2 Å². The number of rotatable bonds is 3. The first-order valence-corrected chi connectivity index (χ1v) is 9.15. The fourth-order valence-electron chi connectivity index (χ4n) is 2.37. The van der Waals surface area contributed by atoms with Crippen LogP contribution < -0.4 is 10.8 Å². The molecule has 0 amide bonds. The number of carbonyl (C=O) groups is 1. The zero-order valence-corrected chi connectivity index (χ0v) is 16.2. The quantitative estimate of drug-likeness (QED) is 0.368. The molecule has 0 saturated heterocycles. The SMILES string of the molecule is CC(=O)c1cccc(NC(=Nc2ccc(F)c(Cl)c2)n2sc(C)cc2=N)c1. The number of aliphatic imine (C=N–C) groups is 1. The Morgan fingerprint density at radius 1 is 1.26 bits per heavy atom. The minimum absolute atomic E-state index is 0.0346. The van der Waals surface area contributed by atoms with Crippen LogP contribution in [-0.4, -0.2) is 15.7 Å². The molecule has 1 heterocycles. The molecule has 0 radical (unpaired) electrons. The van der Waals surface area contributed by atoms with Gasteiger partial charge in [-0.2, -0.15) is 0 Å². The van der Waals surface area contributed by atoms with Crippen LogP contribution in [0, 0.1) is 18.2 Å². The normalized spacial score (nSPS) is 11.5. The average Bonchev–Trinajstić information content (AvgIpc) is 2.96. The first kappa shape index (κ1) is 19.0. The van der Waals surface area contributed by atoms with Gasteiger partial charge in [-0.1, -0.05) is 35.3 Å². The molecular formula is C19H16ClFN4OS. The van der Waals surface area contributed by atoms with E-state index in [1.807, 2.05) is 6.92 Å². The van der Waals surface area contributed by atoms with Crippen LogP contribution in [0.2, 0.25) is 5.02 Å². The number of Topliss-reactive ketones (excluding diaryl/α,β-unsaturated/α-hetero) is 1. The van der Waals surface area contributed by atoms with Gasteiger partial charge in [-0.25, -0.2) is 13.3 Å². The lowest BCUT2D eigenvalue weighted by molar-refractivity contribution is 0.101. The molecule has 0 spiro atoms. The van der Waals surface area contributed by atoms with Gasteiger partial charge in [0, 0.05) is 16.1 Å². The fraction of sp³-hybridized carbons (Fsp3) is 0.105. The Balaban J connectivity index is 2.07. The molecule has 0 aliphatic rings. The van der Waals surface area contributed by atoms with Crippen LogP contribution in [0.4, 0.5) is 15.8 Å². The third-order valence-corrected chi connectivity index (χ3v) is 4.90. The molecule has 0 saturated carbocycles. The van der Waals surface area contributed by atoms with E-state index in [-0.39, 0.29) is 16.3 Å². The maximum absolute atomic E-state index is 13.4. The van der Waals surface area contributed by atoms with Gasteiger partial charge in [0.25, 0.3) is 0 Å². The maximum Gasteiger partial charge on any atom is 0.223 e. The highest BCUT2D eigenvalue weighted by Gasteiger charge is 2.10. The average molecular weight is 403 g/mol. The molecule has 27 heavy (non-hydrogen) atoms. The van der Waals surface area contributed by atoms with E-state index in [1.54, 1.807) is 34.3 Å². The minimum atomic E-state index is -0.528. The number of carbonyl (C=O) groups excluding carboxylic acids is 1. The zero-order chi connectivity index (χ0) is 19.6. The van der Waals surface area contributed by atoms with Gasteiger partial charge in [0.1, 0.15) is 11.3 Å². The van der Waals surface area contributed by atoms with Crippen LogP contribution >= 0.6 is 23.1 Å². The largest absolute Gasteiger partial charge is 0.325 e. The van der Waals surface area contributed by atoms with E-state index in [9.17, 15) is 9.18 Å². The molecule has 3 rings (SSSR count). The summed E-state index contributed by atoms with van der Waals surface area (Å²) in [4.78, 5) is 17.1. The Morgan fingerprint density at radius 3 is 2.67 bits per heavy atom. The molecule has 8 heteroatoms. The molecular weight excluding hydrogens is 387 g/mol. The first-order valence-electron chi connectivity index (χ1n) is 8.00. The summed E-state index contributed by atoms with van der Waals surface area (Å²) in [6, 6.07) is 12.9. The second-order valence-electron chi connectivity index (χ2n) is 5.82. The first-order chi connectivity index (χ1) is 12.8. The minimum Gasteiger partial charge on any atom is -0.325 e. The van der Waals surface area contributed by atoms with E-state index < -0.39 is 5.82 Å². The number of hydrogen-bond donors (Lipinski definition) is 2. The number of benzene rings is 2. The highest BCUT2D eigenvalue weighted by atomic mass is 35.5. The molecule has 0 fully saturated rings. The number of hydrogen-bond acceptors (Lipinski definition) is 4. The Kier molecular flexibility index (Phi) is 5.53. The van der Waals surface area contributed by atoms with E-state index in [0.29, 0.717) is 22.9 Å². The molecule has 0 aliphatic carbocycles. The molecule has 0 unspecified atom stereocenters. The summed E-state index contributed by atoms with van der Waals surface area (Å²) in [6.45, 7) is 3.38. The van der Waals surface area contributed by atoms with Crippen molar-refractivity contribution in [3.8, 4) is 0 Å². The van der Waals surface area contributed by atoms with Crippen molar-refractivity contribution in [3.63, 3.8) is 0 Å². The summed E-state index contributed by atoms with van der Waals surface area (Å²) in [5.74, 6) is -0.232. The van der Waals surface area contributed by atoms with Gasteiger partial charge in [0.2, 0.25) is 5.96 Å². The van der Waals surface area contributed by atoms with E-state index in [4.69, 9.17) is 17.0 Å². The summed E-state index contributed by atoms with van der Waals surface area (Å²) in [5, 5.41) is 11.3. The van der Waals surface area contributed by atoms with Crippen molar-refractivity contribution >= 4 is 46.3 Å². The zero-order valence-electron chi connectivity index (χ0n) is 14.6. The number of halogens is 2. The number of aryl methyl sites for hydroxylation is 1. The Bertz CT molecular complexity index is 1100. The van der Waals surface area contributed by atoms with Crippen molar-refractivity contribution in [3.05, 3.63) is 75.3 Å². The highest BCUT2D eigenvalue weighted by molar-refractivity contribution is 7.07. The van der Waals surface area contributed by atoms with Crippen LogP contribution in [0.15, 0.2) is 53.5 Å². The van der Waals surface area contributed by atoms with Gasteiger partial charge in [-0.3, -0.25) is 10.2 Å². The molecule has 0 aliphatic heterocycles. The van der Waals surface area contributed by atoms with Crippen molar-refractivity contribution in [2.75, 3.05) is 5.32 Å². The van der Waals surface area contributed by atoms with Crippen LogP contribution in [0.25, 0.3) is 0 Å². The third-order valence-electron chi connectivity index (χ3n) is 3.65. The van der Waals surface area contributed by atoms with E-state index in [0.717, 1.165) is 4.88 Å². The van der Waals surface area contributed by atoms with Crippen molar-refractivity contribution in [2.24, 2.45) is 4.99 Å². The second kappa shape index (κ2) is 7.85. The van der Waals surface area contributed by atoms with Crippen molar-refractivity contribution < 1.29 is 9.18 Å². The predicted molar refractivity (Wildman–Crippen MR) is 107 cm³/mol. The molecule has 138 valence electrons. The number of aromatic nitrogens is 1. The molecule has 2 aromatic carbocycles. The number of ketones is 1. The molecule has 5 nitrogen and oxygen atoms in total. The molecule has 3 aromatic rings. The summed E-state index contributed by atoms with van der Waals surface area (Å²) in [5.41, 5.74) is 1.89. The van der Waals surface area contributed by atoms with E-state index >= 15 is 0 Å². The topological polar surface area (TPSA) is 70.2 Å². The Morgan fingerprint density at radius 2 is 2.04 bits per heavy atom. The van der Waals surface area contributed by atoms with Gasteiger partial charge in [0.15, 0.2) is 5.78 Å². The van der Waals surface area contributed by atoms with Gasteiger partial charge < -0.3 is 5.32 Å². The summed E-state index contributed by atoms with van der Waals surface area (Å²) in [6.07, 6.45) is 0. The monoisotopic (exact) mass is 402 g/mol. The maximum atomic E-state index is 13.4. The van der Waals surface area contributed by atoms with Gasteiger partial charge in [0.05, 0.1) is 10.7 Å². The fourth-order valence-corrected chi connectivity index (χ4v) is 3.33. The van der Waals surface area contributed by atoms with E-state index in [1.165, 1.54) is 36.7 Å². The van der Waals surface area contributed by atoms with Crippen molar-refractivity contribution in [2.45, 2.75) is 13.8 Å². The lowest BCUT2D eigenvalue weighted by atomic mass is 10.1. The van der Waals surface area contributed by atoms with E-state index in [2.05, 4.69) is 10.3 Å². The summed E-state index contributed by atoms with van der Waals surface area (Å²) < 4.78 is 15.0. The number of anilines is 1. The van der Waals surface area contributed by atoms with Crippen LogP contribution in [0.5, 0.6) is 0 Å². The molecule has 1 aromatic heterocycles. The third kappa shape index (κ3) is 4.50. The van der Waals surface area contributed by atoms with Gasteiger partial charge >= 0.3 is 0 Å². The standard InChI is InChI=1S/C19H16ClFN4OS/c1-11-8-18(22)25(27-11)19(24-15-6-7-17(21)16(20)10-15)23-14-5-3-4-13(9-14)12(2)26/h3-10,22H,1-2H3,(H,23,24). The molecule has 0 bridgehead atoms. The van der Waals surface area contributed by atoms with Crippen molar-refractivity contribution in [1.29, 1.82) is 5.41 Å². The highest BCUT2D eigenvalue weighted by Crippen LogP contribution is 2.22. The number of nitrogens with zero attached hydrogens (tertiary/aromatic N) is 2. The predicted octanol–water partition coefficient (Wildman–Crippen LogP) is 4.98. The van der Waals surface area contributed by atoms with Crippen LogP contribution in [-0.2, 0) is 0 Å². The second-order valence-corrected chi connectivity index (χ2v) is 7.42. The lowest BCUT2D eigenvalue weighted by Gasteiger charge is -2.11. The molecule has 2 N–H and O–H groups in total.